The molecule has 0 saturated carbocycles. The van der Waals surface area contributed by atoms with E-state index in [1.165, 1.54) is 64.2 Å². The summed E-state index contributed by atoms with van der Waals surface area (Å²) in [4.78, 5) is 11.9. The summed E-state index contributed by atoms with van der Waals surface area (Å²) in [5.74, 6) is 0. The largest absolute Gasteiger partial charge is 0.756 e. The molecule has 0 saturated heterocycles. The van der Waals surface area contributed by atoms with Gasteiger partial charge in [-0.05, 0) is 6.42 Å². The Morgan fingerprint density at radius 2 is 1.31 bits per heavy atom. The molecule has 2 unspecified atom stereocenters. The second kappa shape index (κ2) is 17.7. The predicted octanol–water partition coefficient (Wildman–Crippen LogP) is 5.04. The van der Waals surface area contributed by atoms with Gasteiger partial charge in [-0.2, -0.15) is 0 Å². The van der Waals surface area contributed by atoms with E-state index < -0.39 is 13.9 Å². The van der Waals surface area contributed by atoms with Crippen LogP contribution in [0.25, 0.3) is 0 Å². The highest BCUT2D eigenvalue weighted by Gasteiger charge is 2.18. The zero-order chi connectivity index (χ0) is 22.0. The van der Waals surface area contributed by atoms with E-state index in [1.807, 2.05) is 21.1 Å². The van der Waals surface area contributed by atoms with Crippen LogP contribution < -0.4 is 4.89 Å². The number of nitrogens with zero attached hydrogens (tertiary/aromatic N) is 1. The van der Waals surface area contributed by atoms with Crippen LogP contribution in [0.2, 0.25) is 0 Å². The van der Waals surface area contributed by atoms with Crippen molar-refractivity contribution in [2.45, 2.75) is 103 Å². The van der Waals surface area contributed by atoms with Gasteiger partial charge in [0.15, 0.2) is 0 Å². The summed E-state index contributed by atoms with van der Waals surface area (Å²) in [6.07, 6.45) is 16.3. The van der Waals surface area contributed by atoms with E-state index in [0.717, 1.165) is 19.3 Å². The molecule has 0 fully saturated rings. The molecule has 0 heterocycles. The Labute approximate surface area is 180 Å². The molecular formula is C22H48NO5P. The molecule has 0 bridgehead atoms. The normalized spacial score (nSPS) is 15.4. The number of aliphatic hydroxyl groups is 1. The van der Waals surface area contributed by atoms with Crippen LogP contribution in [0.15, 0.2) is 0 Å². The Bertz CT molecular complexity index is 414. The third-order valence-electron chi connectivity index (χ3n) is 5.12. The quantitative estimate of drug-likeness (QED) is 0.155. The number of rotatable bonds is 21. The fraction of sp³-hybridized carbons (Fsp3) is 1.00. The van der Waals surface area contributed by atoms with Crippen molar-refractivity contribution in [3.63, 3.8) is 0 Å². The molecule has 0 aromatic carbocycles. The van der Waals surface area contributed by atoms with Gasteiger partial charge < -0.3 is 23.5 Å². The molecule has 6 nitrogen and oxygen atoms in total. The number of phosphoric ester groups is 1. The number of aliphatic hydroxyl groups excluding tert-OH is 1. The third-order valence-corrected chi connectivity index (χ3v) is 6.18. The van der Waals surface area contributed by atoms with Crippen LogP contribution in [-0.2, 0) is 13.6 Å². The molecule has 0 amide bonds. The van der Waals surface area contributed by atoms with Gasteiger partial charge in [-0.1, -0.05) is 90.4 Å². The molecule has 0 aromatic heterocycles. The van der Waals surface area contributed by atoms with Crippen molar-refractivity contribution in [3.05, 3.63) is 0 Å². The molecule has 0 spiro atoms. The highest BCUT2D eigenvalue weighted by molar-refractivity contribution is 7.45. The maximum Gasteiger partial charge on any atom is 0.268 e. The molecule has 0 rings (SSSR count). The first-order chi connectivity index (χ1) is 13.7. The van der Waals surface area contributed by atoms with E-state index in [1.54, 1.807) is 0 Å². The lowest BCUT2D eigenvalue weighted by Gasteiger charge is -2.29. The van der Waals surface area contributed by atoms with E-state index in [2.05, 4.69) is 6.92 Å². The first-order valence-corrected chi connectivity index (χ1v) is 13.2. The lowest BCUT2D eigenvalue weighted by atomic mass is 10.0. The first-order valence-electron chi connectivity index (χ1n) is 11.8. The minimum atomic E-state index is -4.36. The Morgan fingerprint density at radius 1 is 0.862 bits per heavy atom. The second-order valence-electron chi connectivity index (χ2n) is 9.24. The Kier molecular flexibility index (Phi) is 17.7. The number of hydrogen-bond donors (Lipinski definition) is 1. The zero-order valence-corrected chi connectivity index (χ0v) is 20.5. The maximum absolute atomic E-state index is 11.9. The van der Waals surface area contributed by atoms with Gasteiger partial charge in [-0.15, -0.1) is 0 Å². The smallest absolute Gasteiger partial charge is 0.268 e. The molecule has 0 aliphatic heterocycles. The number of unbranched alkanes of at least 4 members (excludes halogenated alkanes) is 12. The third kappa shape index (κ3) is 21.1. The lowest BCUT2D eigenvalue weighted by Crippen LogP contribution is -2.37. The summed E-state index contributed by atoms with van der Waals surface area (Å²) >= 11 is 0. The summed E-state index contributed by atoms with van der Waals surface area (Å²) in [6.45, 7) is 2.60. The van der Waals surface area contributed by atoms with Gasteiger partial charge >= 0.3 is 0 Å². The molecular weight excluding hydrogens is 389 g/mol. The van der Waals surface area contributed by atoms with Crippen LogP contribution in [0, 0.1) is 0 Å². The Hall–Kier alpha value is 0.0300. The number of phosphoric acid groups is 1. The van der Waals surface area contributed by atoms with E-state index in [-0.39, 0.29) is 13.2 Å². The fourth-order valence-corrected chi connectivity index (χ4v) is 4.11. The van der Waals surface area contributed by atoms with Gasteiger partial charge in [0.25, 0.3) is 7.82 Å². The first kappa shape index (κ1) is 29.0. The second-order valence-corrected chi connectivity index (χ2v) is 10.6. The number of quaternary nitrogens is 1. The van der Waals surface area contributed by atoms with Crippen molar-refractivity contribution in [2.24, 2.45) is 0 Å². The van der Waals surface area contributed by atoms with Gasteiger partial charge in [-0.3, -0.25) is 4.57 Å². The van der Waals surface area contributed by atoms with Crippen LogP contribution in [0.5, 0.6) is 0 Å². The topological polar surface area (TPSA) is 78.8 Å². The molecule has 176 valence electrons. The lowest BCUT2D eigenvalue weighted by molar-refractivity contribution is -0.870. The molecule has 7 heteroatoms. The minimum absolute atomic E-state index is 0.0845. The summed E-state index contributed by atoms with van der Waals surface area (Å²) in [7, 11) is 1.53. The van der Waals surface area contributed by atoms with Crippen molar-refractivity contribution in [1.82, 2.24) is 0 Å². The van der Waals surface area contributed by atoms with Crippen LogP contribution in [-0.4, -0.2) is 56.6 Å². The highest BCUT2D eigenvalue weighted by Crippen LogP contribution is 2.40. The molecule has 0 aliphatic rings. The Balaban J connectivity index is 3.64. The molecule has 29 heavy (non-hydrogen) atoms. The van der Waals surface area contributed by atoms with Crippen molar-refractivity contribution >= 4 is 7.82 Å². The molecule has 2 atom stereocenters. The van der Waals surface area contributed by atoms with Gasteiger partial charge in [0.1, 0.15) is 13.2 Å². The maximum atomic E-state index is 11.9. The van der Waals surface area contributed by atoms with E-state index in [4.69, 9.17) is 9.05 Å². The van der Waals surface area contributed by atoms with E-state index in [9.17, 15) is 14.6 Å². The molecule has 0 aliphatic carbocycles. The predicted molar refractivity (Wildman–Crippen MR) is 119 cm³/mol. The standard InChI is InChI=1S/C22H48NO5P/c1-5-6-7-8-9-10-11-12-13-14-15-16-17-18-22(21-24)28-29(25,26)27-20-19-23(2,3)4/h22,24H,5-21H2,1-4H3. The van der Waals surface area contributed by atoms with Gasteiger partial charge in [0.05, 0.1) is 33.9 Å². The monoisotopic (exact) mass is 437 g/mol. The van der Waals surface area contributed by atoms with Crippen molar-refractivity contribution in [2.75, 3.05) is 40.9 Å². The number of likely N-dealkylation sites (N-methyl/N-ethyl adjacent to an activating group) is 1. The summed E-state index contributed by atoms with van der Waals surface area (Å²) in [5, 5.41) is 9.39. The van der Waals surface area contributed by atoms with Crippen LogP contribution in [0.3, 0.4) is 0 Å². The summed E-state index contributed by atoms with van der Waals surface area (Å²) < 4.78 is 22.4. The van der Waals surface area contributed by atoms with E-state index >= 15 is 0 Å². The van der Waals surface area contributed by atoms with Crippen LogP contribution >= 0.6 is 7.82 Å². The Morgan fingerprint density at radius 3 is 1.72 bits per heavy atom. The van der Waals surface area contributed by atoms with Crippen molar-refractivity contribution in [1.29, 1.82) is 0 Å². The van der Waals surface area contributed by atoms with Crippen LogP contribution in [0.4, 0.5) is 0 Å². The summed E-state index contributed by atoms with van der Waals surface area (Å²) in [5.41, 5.74) is 0. The zero-order valence-electron chi connectivity index (χ0n) is 19.6. The SMILES string of the molecule is CCCCCCCCCCCCCCCC(CO)OP(=O)([O-])OCC[N+](C)(C)C. The average Bonchev–Trinajstić information content (AvgIpc) is 2.63. The highest BCUT2D eigenvalue weighted by atomic mass is 31.2. The van der Waals surface area contributed by atoms with E-state index in [0.29, 0.717) is 17.4 Å². The molecule has 0 aromatic rings. The molecule has 0 radical (unpaired) electrons. The van der Waals surface area contributed by atoms with Gasteiger partial charge in [0, 0.05) is 0 Å². The summed E-state index contributed by atoms with van der Waals surface area (Å²) in [6, 6.07) is 0. The fourth-order valence-electron chi connectivity index (χ4n) is 3.21. The minimum Gasteiger partial charge on any atom is -0.756 e. The van der Waals surface area contributed by atoms with Gasteiger partial charge in [0.2, 0.25) is 0 Å². The van der Waals surface area contributed by atoms with Crippen molar-refractivity contribution < 1.29 is 28.1 Å². The van der Waals surface area contributed by atoms with Crippen molar-refractivity contribution in [3.8, 4) is 0 Å². The van der Waals surface area contributed by atoms with Gasteiger partial charge in [-0.25, -0.2) is 0 Å². The average molecular weight is 438 g/mol. The van der Waals surface area contributed by atoms with Crippen LogP contribution in [0.1, 0.15) is 96.8 Å². The molecule has 1 N–H and O–H groups in total. The number of hydrogen-bond acceptors (Lipinski definition) is 5.